The van der Waals surface area contributed by atoms with Crippen molar-refractivity contribution < 1.29 is 4.39 Å². The molecule has 0 bridgehead atoms. The number of benzene rings is 1. The van der Waals surface area contributed by atoms with Crippen LogP contribution in [0.1, 0.15) is 29.5 Å². The number of piperidine rings is 1. The van der Waals surface area contributed by atoms with Gasteiger partial charge in [-0.25, -0.2) is 4.39 Å². The SMILES string of the molecule is Cc1cc(F)c(N2CCC(N(C)C)CC2)c(C)c1C. The van der Waals surface area contributed by atoms with E-state index in [1.807, 2.05) is 13.8 Å². The molecule has 3 heteroatoms. The Kier molecular flexibility index (Phi) is 4.14. The van der Waals surface area contributed by atoms with Crippen LogP contribution in [0.25, 0.3) is 0 Å². The van der Waals surface area contributed by atoms with Gasteiger partial charge in [0.25, 0.3) is 0 Å². The van der Waals surface area contributed by atoms with Crippen molar-refractivity contribution in [2.75, 3.05) is 32.1 Å². The first-order valence-electron chi connectivity index (χ1n) is 7.09. The summed E-state index contributed by atoms with van der Waals surface area (Å²) in [6.07, 6.45) is 2.22. The van der Waals surface area contributed by atoms with Crippen molar-refractivity contribution in [2.24, 2.45) is 0 Å². The van der Waals surface area contributed by atoms with Crippen LogP contribution in [0.2, 0.25) is 0 Å². The molecular weight excluding hydrogens is 239 g/mol. The average Bonchev–Trinajstić information content (AvgIpc) is 2.37. The van der Waals surface area contributed by atoms with Crippen LogP contribution < -0.4 is 4.90 Å². The first kappa shape index (κ1) is 14.3. The molecule has 2 rings (SSSR count). The largest absolute Gasteiger partial charge is 0.369 e. The molecule has 106 valence electrons. The third-order valence-corrected chi connectivity index (χ3v) is 4.59. The van der Waals surface area contributed by atoms with Crippen molar-refractivity contribution in [1.29, 1.82) is 0 Å². The molecule has 0 N–H and O–H groups in total. The molecule has 19 heavy (non-hydrogen) atoms. The van der Waals surface area contributed by atoms with Crippen LogP contribution in [-0.4, -0.2) is 38.1 Å². The van der Waals surface area contributed by atoms with Gasteiger partial charge >= 0.3 is 0 Å². The highest BCUT2D eigenvalue weighted by Crippen LogP contribution is 2.31. The predicted octanol–water partition coefficient (Wildman–Crippen LogP) is 3.28. The number of rotatable bonds is 2. The molecule has 0 saturated carbocycles. The Hall–Kier alpha value is -1.09. The molecule has 1 heterocycles. The van der Waals surface area contributed by atoms with Crippen molar-refractivity contribution >= 4 is 5.69 Å². The second-order valence-corrected chi connectivity index (χ2v) is 5.96. The number of hydrogen-bond donors (Lipinski definition) is 0. The monoisotopic (exact) mass is 264 g/mol. The fourth-order valence-electron chi connectivity index (χ4n) is 3.01. The van der Waals surface area contributed by atoms with E-state index in [4.69, 9.17) is 0 Å². The molecule has 1 aliphatic heterocycles. The van der Waals surface area contributed by atoms with Gasteiger partial charge in [0.15, 0.2) is 0 Å². The minimum atomic E-state index is -0.0658. The Morgan fingerprint density at radius 2 is 1.68 bits per heavy atom. The molecule has 1 saturated heterocycles. The quantitative estimate of drug-likeness (QED) is 0.809. The lowest BCUT2D eigenvalue weighted by atomic mass is 9.98. The van der Waals surface area contributed by atoms with Gasteiger partial charge in [0, 0.05) is 19.1 Å². The number of nitrogens with zero attached hydrogens (tertiary/aromatic N) is 2. The van der Waals surface area contributed by atoms with Gasteiger partial charge in [-0.05, 0) is 70.5 Å². The summed E-state index contributed by atoms with van der Waals surface area (Å²) in [5, 5.41) is 0. The van der Waals surface area contributed by atoms with Crippen LogP contribution in [-0.2, 0) is 0 Å². The molecular formula is C16H25FN2. The minimum absolute atomic E-state index is 0.0658. The lowest BCUT2D eigenvalue weighted by Gasteiger charge is -2.37. The lowest BCUT2D eigenvalue weighted by Crippen LogP contribution is -2.42. The smallest absolute Gasteiger partial charge is 0.147 e. The summed E-state index contributed by atoms with van der Waals surface area (Å²) in [6, 6.07) is 2.31. The van der Waals surface area contributed by atoms with E-state index in [1.165, 1.54) is 5.56 Å². The summed E-state index contributed by atoms with van der Waals surface area (Å²) >= 11 is 0. The standard InChI is InChI=1S/C16H25FN2/c1-11-10-15(17)16(13(3)12(11)2)19-8-6-14(7-9-19)18(4)5/h10,14H,6-9H2,1-5H3. The van der Waals surface area contributed by atoms with Crippen LogP contribution in [0.5, 0.6) is 0 Å². The first-order valence-corrected chi connectivity index (χ1v) is 7.09. The van der Waals surface area contributed by atoms with Gasteiger partial charge in [-0.15, -0.1) is 0 Å². The Bertz CT molecular complexity index is 460. The number of hydrogen-bond acceptors (Lipinski definition) is 2. The van der Waals surface area contributed by atoms with Crippen LogP contribution >= 0.6 is 0 Å². The maximum atomic E-state index is 14.3. The lowest BCUT2D eigenvalue weighted by molar-refractivity contribution is 0.249. The van der Waals surface area contributed by atoms with E-state index in [1.54, 1.807) is 6.07 Å². The van der Waals surface area contributed by atoms with Gasteiger partial charge in [0.2, 0.25) is 0 Å². The molecule has 1 fully saturated rings. The molecule has 1 aromatic carbocycles. The van der Waals surface area contributed by atoms with Gasteiger partial charge < -0.3 is 9.80 Å². The van der Waals surface area contributed by atoms with E-state index in [0.29, 0.717) is 6.04 Å². The summed E-state index contributed by atoms with van der Waals surface area (Å²) in [6.45, 7) is 8.00. The maximum Gasteiger partial charge on any atom is 0.147 e. The molecule has 1 aromatic rings. The topological polar surface area (TPSA) is 6.48 Å². The molecule has 0 aromatic heterocycles. The Morgan fingerprint density at radius 1 is 1.11 bits per heavy atom. The fraction of sp³-hybridized carbons (Fsp3) is 0.625. The van der Waals surface area contributed by atoms with Crippen molar-refractivity contribution in [3.8, 4) is 0 Å². The molecule has 0 unspecified atom stereocenters. The van der Waals surface area contributed by atoms with Crippen LogP contribution in [0.15, 0.2) is 6.07 Å². The Balaban J connectivity index is 2.23. The normalized spacial score (nSPS) is 17.3. The molecule has 0 radical (unpaired) electrons. The van der Waals surface area contributed by atoms with Crippen molar-refractivity contribution in [1.82, 2.24) is 4.90 Å². The van der Waals surface area contributed by atoms with E-state index in [2.05, 4.69) is 30.8 Å². The number of aryl methyl sites for hydroxylation is 1. The molecule has 0 atom stereocenters. The number of anilines is 1. The van der Waals surface area contributed by atoms with Crippen LogP contribution in [0.4, 0.5) is 10.1 Å². The van der Waals surface area contributed by atoms with Crippen molar-refractivity contribution in [3.63, 3.8) is 0 Å². The van der Waals surface area contributed by atoms with Crippen molar-refractivity contribution in [3.05, 3.63) is 28.6 Å². The average molecular weight is 264 g/mol. The Labute approximate surface area is 116 Å². The van der Waals surface area contributed by atoms with Gasteiger partial charge in [-0.3, -0.25) is 0 Å². The molecule has 1 aliphatic rings. The molecule has 2 nitrogen and oxygen atoms in total. The molecule has 0 amide bonds. The third-order valence-electron chi connectivity index (χ3n) is 4.59. The molecule has 0 spiro atoms. The highest BCUT2D eigenvalue weighted by atomic mass is 19.1. The fourth-order valence-corrected chi connectivity index (χ4v) is 3.01. The van der Waals surface area contributed by atoms with E-state index in [-0.39, 0.29) is 5.82 Å². The zero-order valence-corrected chi connectivity index (χ0v) is 12.8. The highest BCUT2D eigenvalue weighted by molar-refractivity contribution is 5.59. The maximum absolute atomic E-state index is 14.3. The van der Waals surface area contributed by atoms with Gasteiger partial charge in [0.1, 0.15) is 5.82 Å². The second-order valence-electron chi connectivity index (χ2n) is 5.96. The Morgan fingerprint density at radius 3 is 2.21 bits per heavy atom. The van der Waals surface area contributed by atoms with Crippen molar-refractivity contribution in [2.45, 2.75) is 39.7 Å². The van der Waals surface area contributed by atoms with Gasteiger partial charge in [-0.1, -0.05) is 0 Å². The summed E-state index contributed by atoms with van der Waals surface area (Å²) in [5.41, 5.74) is 4.18. The summed E-state index contributed by atoms with van der Waals surface area (Å²) in [5.74, 6) is -0.0658. The minimum Gasteiger partial charge on any atom is -0.369 e. The zero-order chi connectivity index (χ0) is 14.2. The summed E-state index contributed by atoms with van der Waals surface area (Å²) in [4.78, 5) is 4.50. The summed E-state index contributed by atoms with van der Waals surface area (Å²) in [7, 11) is 4.25. The first-order chi connectivity index (χ1) is 8.91. The number of halogens is 1. The zero-order valence-electron chi connectivity index (χ0n) is 12.8. The van der Waals surface area contributed by atoms with E-state index >= 15 is 0 Å². The van der Waals surface area contributed by atoms with E-state index in [9.17, 15) is 4.39 Å². The van der Waals surface area contributed by atoms with E-state index < -0.39 is 0 Å². The molecule has 0 aliphatic carbocycles. The van der Waals surface area contributed by atoms with Crippen LogP contribution in [0.3, 0.4) is 0 Å². The summed E-state index contributed by atoms with van der Waals surface area (Å²) < 4.78 is 14.3. The third kappa shape index (κ3) is 2.76. The predicted molar refractivity (Wildman–Crippen MR) is 79.5 cm³/mol. The van der Waals surface area contributed by atoms with Gasteiger partial charge in [-0.2, -0.15) is 0 Å². The van der Waals surface area contributed by atoms with Gasteiger partial charge in [0.05, 0.1) is 5.69 Å². The highest BCUT2D eigenvalue weighted by Gasteiger charge is 2.24. The van der Waals surface area contributed by atoms with E-state index in [0.717, 1.165) is 42.7 Å². The van der Waals surface area contributed by atoms with Crippen LogP contribution in [0, 0.1) is 26.6 Å². The second kappa shape index (κ2) is 5.49.